The number of para-hydroxylation sites is 1. The smallest absolute Gasteiger partial charge is 0.314 e. The van der Waals surface area contributed by atoms with Gasteiger partial charge < -0.3 is 5.73 Å². The largest absolute Gasteiger partial charge is 0.467 e. The fourth-order valence-electron chi connectivity index (χ4n) is 7.31. The Bertz CT molecular complexity index is 782. The first kappa shape index (κ1) is 22.8. The van der Waals surface area contributed by atoms with Gasteiger partial charge in [-0.05, 0) is 38.5 Å². The molecule has 4 heteroatoms. The molecule has 172 valence electrons. The number of likely N-dealkylation sites (tertiary alicyclic amines) is 1. The van der Waals surface area contributed by atoms with Crippen LogP contribution in [-0.2, 0) is 5.41 Å². The molecule has 2 N–H and O–H groups in total. The Morgan fingerprint density at radius 3 is 2.13 bits per heavy atom. The SMILES string of the molecule is CC1(C)C[N+](C(N)=O)([N+]2(C)CCCCC(C3CCCCCCC3)CC2)c2ccccc21. The molecule has 1 aromatic carbocycles. The number of benzene rings is 1. The molecular formula is C27H45N3O+2. The zero-order valence-electron chi connectivity index (χ0n) is 20.2. The summed E-state index contributed by atoms with van der Waals surface area (Å²) in [5.74, 6) is 1.70. The minimum Gasteiger partial charge on any atom is -0.314 e. The van der Waals surface area contributed by atoms with Gasteiger partial charge in [-0.3, -0.25) is 0 Å². The van der Waals surface area contributed by atoms with E-state index in [0.717, 1.165) is 41.7 Å². The molecule has 2 amide bonds. The summed E-state index contributed by atoms with van der Waals surface area (Å²) in [6.45, 7) is 7.41. The van der Waals surface area contributed by atoms with Crippen molar-refractivity contribution in [3.05, 3.63) is 29.8 Å². The number of quaternary nitrogens is 2. The van der Waals surface area contributed by atoms with Crippen molar-refractivity contribution >= 4 is 11.7 Å². The van der Waals surface area contributed by atoms with Crippen LogP contribution < -0.4 is 10.3 Å². The van der Waals surface area contributed by atoms with Crippen LogP contribution in [0.15, 0.2) is 24.3 Å². The molecule has 1 saturated carbocycles. The number of hydrogen-bond acceptors (Lipinski definition) is 1. The highest BCUT2D eigenvalue weighted by Crippen LogP contribution is 2.49. The van der Waals surface area contributed by atoms with Gasteiger partial charge in [0.1, 0.15) is 26.7 Å². The van der Waals surface area contributed by atoms with Gasteiger partial charge in [0.15, 0.2) is 5.69 Å². The Labute approximate surface area is 189 Å². The molecule has 0 radical (unpaired) electrons. The van der Waals surface area contributed by atoms with Gasteiger partial charge in [-0.15, -0.1) is 0 Å². The van der Waals surface area contributed by atoms with Crippen LogP contribution in [0.3, 0.4) is 0 Å². The average molecular weight is 428 g/mol. The molecule has 0 bridgehead atoms. The van der Waals surface area contributed by atoms with Crippen LogP contribution in [0.25, 0.3) is 0 Å². The summed E-state index contributed by atoms with van der Waals surface area (Å²) < 4.78 is 1.03. The fourth-order valence-corrected chi connectivity index (χ4v) is 7.31. The van der Waals surface area contributed by atoms with Gasteiger partial charge in [0.2, 0.25) is 0 Å². The molecule has 2 fully saturated rings. The van der Waals surface area contributed by atoms with Crippen LogP contribution in [0.4, 0.5) is 10.5 Å². The Kier molecular flexibility index (Phi) is 6.52. The van der Waals surface area contributed by atoms with Gasteiger partial charge in [0.25, 0.3) is 0 Å². The summed E-state index contributed by atoms with van der Waals surface area (Å²) in [5, 5.41) is 0. The van der Waals surface area contributed by atoms with Crippen LogP contribution in [0.2, 0.25) is 0 Å². The molecule has 31 heavy (non-hydrogen) atoms. The summed E-state index contributed by atoms with van der Waals surface area (Å²) in [4.78, 5) is 13.3. The van der Waals surface area contributed by atoms with Crippen LogP contribution in [0.1, 0.15) is 90.0 Å². The average Bonchev–Trinajstić information content (AvgIpc) is 2.95. The van der Waals surface area contributed by atoms with Gasteiger partial charge in [0.05, 0.1) is 5.41 Å². The van der Waals surface area contributed by atoms with Crippen LogP contribution >= 0.6 is 0 Å². The van der Waals surface area contributed by atoms with Crippen molar-refractivity contribution in [1.82, 2.24) is 4.59 Å². The van der Waals surface area contributed by atoms with Crippen molar-refractivity contribution in [3.63, 3.8) is 0 Å². The van der Waals surface area contributed by atoms with E-state index in [9.17, 15) is 4.79 Å². The Hall–Kier alpha value is -1.39. The van der Waals surface area contributed by atoms with Crippen molar-refractivity contribution in [2.24, 2.45) is 17.6 Å². The lowest BCUT2D eigenvalue weighted by Crippen LogP contribution is -2.77. The Morgan fingerprint density at radius 2 is 1.45 bits per heavy atom. The second kappa shape index (κ2) is 8.86. The van der Waals surface area contributed by atoms with E-state index in [-0.39, 0.29) is 11.4 Å². The van der Waals surface area contributed by atoms with E-state index in [1.54, 1.807) is 0 Å². The van der Waals surface area contributed by atoms with Gasteiger partial charge in [-0.25, -0.2) is 4.79 Å². The lowest BCUT2D eigenvalue weighted by molar-refractivity contribution is -0.997. The van der Waals surface area contributed by atoms with E-state index in [1.807, 2.05) is 0 Å². The first-order valence-corrected chi connectivity index (χ1v) is 12.9. The summed E-state index contributed by atoms with van der Waals surface area (Å²) in [7, 11) is 2.32. The quantitative estimate of drug-likeness (QED) is 0.555. The van der Waals surface area contributed by atoms with Gasteiger partial charge in [-0.1, -0.05) is 67.7 Å². The molecule has 1 saturated heterocycles. The molecule has 4 nitrogen and oxygen atoms in total. The number of hydrogen-bond donors (Lipinski definition) is 1. The number of carbonyl (C=O) groups is 1. The number of nitrogens with zero attached hydrogens (tertiary/aromatic N) is 2. The summed E-state index contributed by atoms with van der Waals surface area (Å²) in [5.41, 5.74) is 8.70. The Morgan fingerprint density at radius 1 is 0.871 bits per heavy atom. The van der Waals surface area contributed by atoms with Crippen LogP contribution in [0, 0.1) is 11.8 Å². The highest BCUT2D eigenvalue weighted by atomic mass is 16.2. The molecule has 0 aromatic heterocycles. The van der Waals surface area contributed by atoms with E-state index < -0.39 is 0 Å². The third-order valence-corrected chi connectivity index (χ3v) is 9.11. The van der Waals surface area contributed by atoms with E-state index in [1.165, 1.54) is 76.2 Å². The fraction of sp³-hybridized carbons (Fsp3) is 0.741. The lowest BCUT2D eigenvalue weighted by Gasteiger charge is -2.48. The molecular weight excluding hydrogens is 382 g/mol. The number of urea groups is 1. The monoisotopic (exact) mass is 427 g/mol. The van der Waals surface area contributed by atoms with Gasteiger partial charge >= 0.3 is 6.03 Å². The van der Waals surface area contributed by atoms with E-state index in [2.05, 4.69) is 45.2 Å². The maximum absolute atomic E-state index is 13.3. The zero-order chi connectivity index (χ0) is 22.1. The zero-order valence-corrected chi connectivity index (χ0v) is 20.2. The lowest BCUT2D eigenvalue weighted by atomic mass is 9.77. The van der Waals surface area contributed by atoms with Crippen molar-refractivity contribution in [2.45, 2.75) is 89.9 Å². The molecule has 1 aromatic rings. The molecule has 3 atom stereocenters. The van der Waals surface area contributed by atoms with Crippen molar-refractivity contribution in [3.8, 4) is 0 Å². The highest BCUT2D eigenvalue weighted by molar-refractivity contribution is 5.87. The molecule has 2 heterocycles. The summed E-state index contributed by atoms with van der Waals surface area (Å²) in [6.07, 6.45) is 15.0. The topological polar surface area (TPSA) is 43.1 Å². The standard InChI is InChI=1S/C27H44N3O/c1-27(2)21-30(26(28)31,25-17-10-9-16-24(25)27)29(3)19-12-11-15-23(18-20-29)22-13-7-5-4-6-8-14-22/h9-10,16-17,22-23H,4-8,11-15,18-21H2,1-3H3,(H-,28,31)/q+1/p+1. The highest BCUT2D eigenvalue weighted by Gasteiger charge is 2.63. The molecule has 4 rings (SSSR count). The predicted octanol–water partition coefficient (Wildman–Crippen LogP) is 6.28. The molecule has 3 aliphatic rings. The normalized spacial score (nSPS) is 34.7. The van der Waals surface area contributed by atoms with Crippen LogP contribution in [-0.4, -0.2) is 37.3 Å². The predicted molar refractivity (Wildman–Crippen MR) is 129 cm³/mol. The third-order valence-electron chi connectivity index (χ3n) is 9.11. The Balaban J connectivity index is 1.64. The molecule has 1 aliphatic carbocycles. The maximum atomic E-state index is 13.3. The van der Waals surface area contributed by atoms with Crippen LogP contribution in [0.5, 0.6) is 0 Å². The maximum Gasteiger partial charge on any atom is 0.467 e. The number of rotatable bonds is 2. The second-order valence-electron chi connectivity index (χ2n) is 11.6. The minimum absolute atomic E-state index is 0.0474. The van der Waals surface area contributed by atoms with Crippen molar-refractivity contribution < 1.29 is 9.39 Å². The van der Waals surface area contributed by atoms with E-state index >= 15 is 0 Å². The van der Waals surface area contributed by atoms with Gasteiger partial charge in [-0.2, -0.15) is 4.59 Å². The summed E-state index contributed by atoms with van der Waals surface area (Å²) in [6, 6.07) is 8.40. The van der Waals surface area contributed by atoms with E-state index in [0.29, 0.717) is 4.59 Å². The molecule has 2 aliphatic heterocycles. The minimum atomic E-state index is -0.177. The molecule has 3 unspecified atom stereocenters. The second-order valence-corrected chi connectivity index (χ2v) is 11.6. The summed E-state index contributed by atoms with van der Waals surface area (Å²) >= 11 is 0. The number of nitrogens with two attached hydrogens (primary N) is 1. The number of amides is 2. The third kappa shape index (κ3) is 4.06. The number of primary amides is 1. The number of carbonyl (C=O) groups excluding carboxylic acids is 1. The first-order valence-electron chi connectivity index (χ1n) is 12.9. The van der Waals surface area contributed by atoms with E-state index in [4.69, 9.17) is 5.73 Å². The van der Waals surface area contributed by atoms with Crippen molar-refractivity contribution in [2.75, 3.05) is 26.7 Å². The number of fused-ring (bicyclic) bond motifs is 1. The van der Waals surface area contributed by atoms with Crippen molar-refractivity contribution in [1.29, 1.82) is 0 Å². The first-order chi connectivity index (χ1) is 14.8. The molecule has 0 spiro atoms. The van der Waals surface area contributed by atoms with Gasteiger partial charge in [0, 0.05) is 24.5 Å².